The number of fused-ring (bicyclic) bond motifs is 1. The van der Waals surface area contributed by atoms with Crippen molar-refractivity contribution in [1.29, 1.82) is 0 Å². The molecule has 20 heavy (non-hydrogen) atoms. The normalized spacial score (nSPS) is 25.6. The summed E-state index contributed by atoms with van der Waals surface area (Å²) in [6.45, 7) is 1.11. The van der Waals surface area contributed by atoms with Crippen molar-refractivity contribution in [2.75, 3.05) is 18.1 Å². The van der Waals surface area contributed by atoms with Crippen LogP contribution in [0, 0.1) is 10.1 Å². The second kappa shape index (κ2) is 5.38. The molecule has 1 aliphatic carbocycles. The summed E-state index contributed by atoms with van der Waals surface area (Å²) < 4.78 is 5.75. The van der Waals surface area contributed by atoms with Gasteiger partial charge in [-0.3, -0.25) is 10.1 Å². The maximum absolute atomic E-state index is 11.3. The molecule has 2 unspecified atom stereocenters. The number of nitro benzene ring substituents is 1. The van der Waals surface area contributed by atoms with Gasteiger partial charge in [0, 0.05) is 12.6 Å². The van der Waals surface area contributed by atoms with Gasteiger partial charge in [0.05, 0.1) is 30.3 Å². The van der Waals surface area contributed by atoms with Crippen LogP contribution in [0.2, 0.25) is 0 Å². The molecule has 6 heteroatoms. The highest BCUT2D eigenvalue weighted by molar-refractivity contribution is 5.65. The highest BCUT2D eigenvalue weighted by atomic mass is 16.6. The summed E-state index contributed by atoms with van der Waals surface area (Å²) in [5, 5.41) is 20.4. The van der Waals surface area contributed by atoms with E-state index in [-0.39, 0.29) is 29.4 Å². The molecule has 1 N–H and O–H groups in total. The minimum Gasteiger partial charge on any atom is -0.392 e. The number of hydrogen-bond donors (Lipinski definition) is 1. The molecule has 0 amide bonds. The van der Waals surface area contributed by atoms with Crippen molar-refractivity contribution in [2.45, 2.75) is 38.0 Å². The van der Waals surface area contributed by atoms with E-state index in [0.717, 1.165) is 19.3 Å². The Hall–Kier alpha value is -1.66. The first-order chi connectivity index (χ1) is 9.70. The topological polar surface area (TPSA) is 75.8 Å². The predicted molar refractivity (Wildman–Crippen MR) is 73.7 cm³/mol. The zero-order valence-corrected chi connectivity index (χ0v) is 11.2. The third-order valence-electron chi connectivity index (χ3n) is 4.21. The number of nitrogens with zero attached hydrogens (tertiary/aromatic N) is 2. The molecule has 0 aromatic heterocycles. The van der Waals surface area contributed by atoms with Crippen LogP contribution in [0.1, 0.15) is 24.8 Å². The number of morpholine rings is 1. The molecular formula is C14H18N2O4. The van der Waals surface area contributed by atoms with Crippen molar-refractivity contribution in [3.05, 3.63) is 33.9 Å². The smallest absolute Gasteiger partial charge is 0.292 e. The maximum Gasteiger partial charge on any atom is 0.292 e. The molecule has 0 spiro atoms. The molecule has 6 nitrogen and oxygen atoms in total. The van der Waals surface area contributed by atoms with E-state index in [4.69, 9.17) is 9.84 Å². The maximum atomic E-state index is 11.3. The Labute approximate surface area is 117 Å². The Kier molecular flexibility index (Phi) is 3.58. The van der Waals surface area contributed by atoms with E-state index in [0.29, 0.717) is 24.4 Å². The summed E-state index contributed by atoms with van der Waals surface area (Å²) >= 11 is 0. The van der Waals surface area contributed by atoms with Gasteiger partial charge in [-0.1, -0.05) is 6.07 Å². The zero-order chi connectivity index (χ0) is 14.1. The monoisotopic (exact) mass is 278 g/mol. The number of nitro groups is 1. The fourth-order valence-corrected chi connectivity index (χ4v) is 3.28. The van der Waals surface area contributed by atoms with E-state index < -0.39 is 0 Å². The van der Waals surface area contributed by atoms with Crippen molar-refractivity contribution in [3.63, 3.8) is 0 Å². The van der Waals surface area contributed by atoms with Crippen molar-refractivity contribution in [2.24, 2.45) is 0 Å². The number of anilines is 1. The minimum absolute atomic E-state index is 0.0732. The van der Waals surface area contributed by atoms with Crippen molar-refractivity contribution < 1.29 is 14.8 Å². The average molecular weight is 278 g/mol. The lowest BCUT2D eigenvalue weighted by molar-refractivity contribution is -0.384. The second-order valence-corrected chi connectivity index (χ2v) is 5.34. The van der Waals surface area contributed by atoms with Gasteiger partial charge in [0.15, 0.2) is 0 Å². The molecule has 3 rings (SSSR count). The minimum atomic E-state index is -0.367. The van der Waals surface area contributed by atoms with Crippen molar-refractivity contribution in [3.8, 4) is 0 Å². The van der Waals surface area contributed by atoms with Gasteiger partial charge in [0.25, 0.3) is 5.69 Å². The molecule has 1 heterocycles. The summed E-state index contributed by atoms with van der Waals surface area (Å²) in [4.78, 5) is 13.0. The number of rotatable bonds is 3. The molecule has 2 fully saturated rings. The molecule has 1 saturated carbocycles. The van der Waals surface area contributed by atoms with E-state index in [1.54, 1.807) is 12.1 Å². The fourth-order valence-electron chi connectivity index (χ4n) is 3.28. The van der Waals surface area contributed by atoms with Crippen LogP contribution < -0.4 is 4.90 Å². The summed E-state index contributed by atoms with van der Waals surface area (Å²) in [5.41, 5.74) is 1.29. The van der Waals surface area contributed by atoms with Gasteiger partial charge in [0.2, 0.25) is 0 Å². The van der Waals surface area contributed by atoms with Crippen LogP contribution >= 0.6 is 0 Å². The first-order valence-corrected chi connectivity index (χ1v) is 6.97. The SMILES string of the molecule is O=[N+]([O-])c1cc(CO)ccc1N1CCOC2CCCC21. The van der Waals surface area contributed by atoms with E-state index in [1.807, 2.05) is 0 Å². The Balaban J connectivity index is 1.98. The van der Waals surface area contributed by atoms with E-state index >= 15 is 0 Å². The third kappa shape index (κ3) is 2.25. The van der Waals surface area contributed by atoms with Gasteiger partial charge >= 0.3 is 0 Å². The number of aliphatic hydroxyl groups is 1. The molecule has 0 bridgehead atoms. The zero-order valence-electron chi connectivity index (χ0n) is 11.2. The van der Waals surface area contributed by atoms with Crippen LogP contribution in [-0.2, 0) is 11.3 Å². The van der Waals surface area contributed by atoms with Crippen LogP contribution in [0.4, 0.5) is 11.4 Å². The van der Waals surface area contributed by atoms with Gasteiger partial charge in [-0.25, -0.2) is 0 Å². The van der Waals surface area contributed by atoms with Crippen LogP contribution in [0.5, 0.6) is 0 Å². The van der Waals surface area contributed by atoms with Crippen LogP contribution in [0.3, 0.4) is 0 Å². The number of hydrogen-bond acceptors (Lipinski definition) is 5. The lowest BCUT2D eigenvalue weighted by atomic mass is 10.1. The average Bonchev–Trinajstić information content (AvgIpc) is 2.95. The molecule has 1 saturated heterocycles. The van der Waals surface area contributed by atoms with Crippen LogP contribution in [0.15, 0.2) is 18.2 Å². The fraction of sp³-hybridized carbons (Fsp3) is 0.571. The lowest BCUT2D eigenvalue weighted by Gasteiger charge is -2.39. The molecule has 0 radical (unpaired) electrons. The molecule has 1 aromatic carbocycles. The molecule has 2 aliphatic rings. The third-order valence-corrected chi connectivity index (χ3v) is 4.21. The molecule has 2 atom stereocenters. The van der Waals surface area contributed by atoms with Gasteiger partial charge in [0.1, 0.15) is 5.69 Å². The largest absolute Gasteiger partial charge is 0.392 e. The van der Waals surface area contributed by atoms with E-state index in [9.17, 15) is 10.1 Å². The first-order valence-electron chi connectivity index (χ1n) is 6.97. The number of aliphatic hydroxyl groups excluding tert-OH is 1. The van der Waals surface area contributed by atoms with Crippen molar-refractivity contribution >= 4 is 11.4 Å². The Morgan fingerprint density at radius 3 is 3.05 bits per heavy atom. The Morgan fingerprint density at radius 1 is 1.45 bits per heavy atom. The summed E-state index contributed by atoms with van der Waals surface area (Å²) in [5.74, 6) is 0. The molecule has 108 valence electrons. The predicted octanol–water partition coefficient (Wildman–Crippen LogP) is 1.84. The van der Waals surface area contributed by atoms with Gasteiger partial charge in [-0.2, -0.15) is 0 Å². The molecular weight excluding hydrogens is 260 g/mol. The summed E-state index contributed by atoms with van der Waals surface area (Å²) in [7, 11) is 0. The van der Waals surface area contributed by atoms with E-state index in [1.165, 1.54) is 6.07 Å². The number of ether oxygens (including phenoxy) is 1. The Bertz CT molecular complexity index is 520. The van der Waals surface area contributed by atoms with Gasteiger partial charge in [-0.15, -0.1) is 0 Å². The summed E-state index contributed by atoms with van der Waals surface area (Å²) in [6, 6.07) is 5.21. The quantitative estimate of drug-likeness (QED) is 0.674. The van der Waals surface area contributed by atoms with Gasteiger partial charge in [-0.05, 0) is 30.9 Å². The van der Waals surface area contributed by atoms with Crippen LogP contribution in [-0.4, -0.2) is 35.3 Å². The van der Waals surface area contributed by atoms with Crippen LogP contribution in [0.25, 0.3) is 0 Å². The lowest BCUT2D eigenvalue weighted by Crippen LogP contribution is -2.48. The molecule has 1 aromatic rings. The van der Waals surface area contributed by atoms with Gasteiger partial charge < -0.3 is 14.7 Å². The highest BCUT2D eigenvalue weighted by Gasteiger charge is 2.38. The molecule has 1 aliphatic heterocycles. The number of benzene rings is 1. The second-order valence-electron chi connectivity index (χ2n) is 5.34. The summed E-state index contributed by atoms with van der Waals surface area (Å²) in [6.07, 6.45) is 3.35. The Morgan fingerprint density at radius 2 is 2.30 bits per heavy atom. The van der Waals surface area contributed by atoms with Crippen molar-refractivity contribution in [1.82, 2.24) is 0 Å². The van der Waals surface area contributed by atoms with E-state index in [2.05, 4.69) is 4.90 Å². The standard InChI is InChI=1S/C14H18N2O4/c17-9-10-4-5-11(13(8-10)16(18)19)15-6-7-20-14-3-1-2-12(14)15/h4-5,8,12,14,17H,1-3,6-7,9H2. The first kappa shape index (κ1) is 13.3. The highest BCUT2D eigenvalue weighted by Crippen LogP contribution is 2.37.